The van der Waals surface area contributed by atoms with Crippen molar-refractivity contribution in [3.63, 3.8) is 0 Å². The van der Waals surface area contributed by atoms with Crippen molar-refractivity contribution in [2.45, 2.75) is 30.0 Å². The number of fused-ring (bicyclic) bond motifs is 1. The van der Waals surface area contributed by atoms with Gasteiger partial charge in [-0.05, 0) is 50.2 Å². The van der Waals surface area contributed by atoms with Crippen LogP contribution in [0, 0.1) is 0 Å². The maximum Gasteiger partial charge on any atom is 0.191 e. The Hall–Kier alpha value is -2.06. The third-order valence-corrected chi connectivity index (χ3v) is 5.64. The number of guanidine groups is 1. The smallest absolute Gasteiger partial charge is 0.191 e. The van der Waals surface area contributed by atoms with Gasteiger partial charge in [-0.15, -0.1) is 22.0 Å². The molecule has 0 aliphatic heterocycles. The molecule has 0 saturated heterocycles. The number of benzene rings is 1. The molecule has 2 N–H and O–H groups in total. The highest BCUT2D eigenvalue weighted by molar-refractivity contribution is 9.10. The largest absolute Gasteiger partial charge is 0.355 e. The number of hydrogen-bond acceptors (Lipinski definition) is 4. The van der Waals surface area contributed by atoms with Gasteiger partial charge in [-0.2, -0.15) is 0 Å². The van der Waals surface area contributed by atoms with Crippen LogP contribution in [0.5, 0.6) is 0 Å². The molecular formula is C19H23BrN6S. The fourth-order valence-corrected chi connectivity index (χ4v) is 3.87. The molecule has 3 aromatic rings. The molecule has 142 valence electrons. The predicted octanol–water partition coefficient (Wildman–Crippen LogP) is 3.73. The summed E-state index contributed by atoms with van der Waals surface area (Å²) < 4.78 is 3.06. The SMILES string of the molecule is CN=C(NCc1nnc2ccccn12)NCC(C)(C)Sc1ccc(Br)cc1. The van der Waals surface area contributed by atoms with Crippen LogP contribution in [-0.2, 0) is 6.54 Å². The lowest BCUT2D eigenvalue weighted by molar-refractivity contribution is 0.659. The fraction of sp³-hybridized carbons (Fsp3) is 0.316. The molecular weight excluding hydrogens is 424 g/mol. The number of pyridine rings is 1. The normalized spacial score (nSPS) is 12.4. The number of hydrogen-bond donors (Lipinski definition) is 2. The molecule has 0 aliphatic carbocycles. The molecule has 8 heteroatoms. The molecule has 27 heavy (non-hydrogen) atoms. The standard InChI is InChI=1S/C19H23BrN6S/c1-19(2,27-15-9-7-14(20)8-10-15)13-23-18(21-3)22-12-17-25-24-16-6-4-5-11-26(16)17/h4-11H,12-13H2,1-3H3,(H2,21,22,23). The zero-order chi connectivity index (χ0) is 19.3. The average Bonchev–Trinajstić information content (AvgIpc) is 3.07. The van der Waals surface area contributed by atoms with Crippen LogP contribution >= 0.6 is 27.7 Å². The van der Waals surface area contributed by atoms with E-state index in [2.05, 4.69) is 79.9 Å². The third kappa shape index (κ3) is 5.46. The first-order chi connectivity index (χ1) is 13.0. The molecule has 2 aromatic heterocycles. The molecule has 2 heterocycles. The first-order valence-electron chi connectivity index (χ1n) is 8.64. The Kier molecular flexibility index (Phi) is 6.38. The minimum atomic E-state index is 0.00695. The second-order valence-electron chi connectivity index (χ2n) is 6.64. The van der Waals surface area contributed by atoms with Gasteiger partial charge in [0.1, 0.15) is 0 Å². The lowest BCUT2D eigenvalue weighted by Crippen LogP contribution is -2.43. The topological polar surface area (TPSA) is 66.6 Å². The second-order valence-corrected chi connectivity index (χ2v) is 9.34. The van der Waals surface area contributed by atoms with Crippen LogP contribution < -0.4 is 10.6 Å². The Morgan fingerprint density at radius 1 is 1.15 bits per heavy atom. The van der Waals surface area contributed by atoms with Gasteiger partial charge in [0.15, 0.2) is 17.4 Å². The van der Waals surface area contributed by atoms with Gasteiger partial charge < -0.3 is 10.6 Å². The van der Waals surface area contributed by atoms with E-state index in [1.807, 2.05) is 40.6 Å². The van der Waals surface area contributed by atoms with Gasteiger partial charge in [-0.25, -0.2) is 0 Å². The van der Waals surface area contributed by atoms with E-state index in [9.17, 15) is 0 Å². The lowest BCUT2D eigenvalue weighted by atomic mass is 10.2. The van der Waals surface area contributed by atoms with E-state index in [4.69, 9.17) is 0 Å². The Morgan fingerprint density at radius 3 is 2.67 bits per heavy atom. The molecule has 0 unspecified atom stereocenters. The van der Waals surface area contributed by atoms with Crippen molar-refractivity contribution in [3.05, 3.63) is 59.0 Å². The van der Waals surface area contributed by atoms with Gasteiger partial charge in [0, 0.05) is 33.9 Å². The van der Waals surface area contributed by atoms with Crippen LogP contribution in [-0.4, -0.2) is 38.9 Å². The van der Waals surface area contributed by atoms with Crippen LogP contribution in [0.1, 0.15) is 19.7 Å². The van der Waals surface area contributed by atoms with Gasteiger partial charge in [0.25, 0.3) is 0 Å². The number of halogens is 1. The maximum absolute atomic E-state index is 4.31. The Bertz CT molecular complexity index is 919. The van der Waals surface area contributed by atoms with Gasteiger partial charge in [-0.3, -0.25) is 9.39 Å². The molecule has 0 radical (unpaired) electrons. The first-order valence-corrected chi connectivity index (χ1v) is 10.3. The quantitative estimate of drug-likeness (QED) is 0.343. The van der Waals surface area contributed by atoms with Crippen LogP contribution in [0.3, 0.4) is 0 Å². The van der Waals surface area contributed by atoms with Crippen molar-refractivity contribution in [1.82, 2.24) is 25.2 Å². The van der Waals surface area contributed by atoms with Crippen molar-refractivity contribution in [1.29, 1.82) is 0 Å². The number of nitrogens with zero attached hydrogens (tertiary/aromatic N) is 4. The van der Waals surface area contributed by atoms with Crippen molar-refractivity contribution >= 4 is 39.3 Å². The molecule has 0 saturated carbocycles. The van der Waals surface area contributed by atoms with Gasteiger partial charge in [0.05, 0.1) is 6.54 Å². The minimum absolute atomic E-state index is 0.00695. The summed E-state index contributed by atoms with van der Waals surface area (Å²) in [6.07, 6.45) is 1.96. The van der Waals surface area contributed by atoms with Gasteiger partial charge in [0.2, 0.25) is 0 Å². The third-order valence-electron chi connectivity index (χ3n) is 3.91. The highest BCUT2D eigenvalue weighted by atomic mass is 79.9. The van der Waals surface area contributed by atoms with E-state index in [0.717, 1.165) is 28.4 Å². The molecule has 0 fully saturated rings. The number of thioether (sulfide) groups is 1. The Morgan fingerprint density at radius 2 is 1.93 bits per heavy atom. The van der Waals surface area contributed by atoms with Gasteiger partial charge >= 0.3 is 0 Å². The van der Waals surface area contributed by atoms with Crippen molar-refractivity contribution in [3.8, 4) is 0 Å². The highest BCUT2D eigenvalue weighted by Gasteiger charge is 2.20. The van der Waals surface area contributed by atoms with E-state index in [-0.39, 0.29) is 4.75 Å². The Labute approximate surface area is 172 Å². The van der Waals surface area contributed by atoms with Crippen LogP contribution in [0.15, 0.2) is 63.0 Å². The zero-order valence-electron chi connectivity index (χ0n) is 15.6. The van der Waals surface area contributed by atoms with E-state index in [0.29, 0.717) is 6.54 Å². The molecule has 0 bridgehead atoms. The number of aliphatic imine (C=N–C) groups is 1. The summed E-state index contributed by atoms with van der Waals surface area (Å²) in [6.45, 7) is 5.75. The monoisotopic (exact) mass is 446 g/mol. The van der Waals surface area contributed by atoms with Crippen LogP contribution in [0.4, 0.5) is 0 Å². The minimum Gasteiger partial charge on any atom is -0.355 e. The number of aromatic nitrogens is 3. The van der Waals surface area contributed by atoms with Crippen LogP contribution in [0.25, 0.3) is 5.65 Å². The van der Waals surface area contributed by atoms with Crippen molar-refractivity contribution < 1.29 is 0 Å². The molecule has 0 aliphatic rings. The van der Waals surface area contributed by atoms with Crippen LogP contribution in [0.2, 0.25) is 0 Å². The molecule has 0 amide bonds. The summed E-state index contributed by atoms with van der Waals surface area (Å²) in [7, 11) is 1.77. The second kappa shape index (κ2) is 8.75. The molecule has 0 atom stereocenters. The molecule has 1 aromatic carbocycles. The maximum atomic E-state index is 4.31. The van der Waals surface area contributed by atoms with Gasteiger partial charge in [-0.1, -0.05) is 22.0 Å². The predicted molar refractivity (Wildman–Crippen MR) is 115 cm³/mol. The summed E-state index contributed by atoms with van der Waals surface area (Å²) in [6, 6.07) is 14.2. The highest BCUT2D eigenvalue weighted by Crippen LogP contribution is 2.32. The zero-order valence-corrected chi connectivity index (χ0v) is 18.0. The van der Waals surface area contributed by atoms with Crippen molar-refractivity contribution in [2.24, 2.45) is 4.99 Å². The lowest BCUT2D eigenvalue weighted by Gasteiger charge is -2.25. The van der Waals surface area contributed by atoms with E-state index >= 15 is 0 Å². The summed E-state index contributed by atoms with van der Waals surface area (Å²) in [4.78, 5) is 5.55. The number of rotatable bonds is 6. The average molecular weight is 447 g/mol. The van der Waals surface area contributed by atoms with E-state index < -0.39 is 0 Å². The summed E-state index contributed by atoms with van der Waals surface area (Å²) in [5, 5.41) is 15.1. The molecule has 6 nitrogen and oxygen atoms in total. The summed E-state index contributed by atoms with van der Waals surface area (Å²) in [5.41, 5.74) is 0.837. The molecule has 0 spiro atoms. The summed E-state index contributed by atoms with van der Waals surface area (Å²) in [5.74, 6) is 1.59. The number of nitrogens with one attached hydrogen (secondary N) is 2. The van der Waals surface area contributed by atoms with E-state index in [1.165, 1.54) is 4.90 Å². The fourth-order valence-electron chi connectivity index (χ4n) is 2.55. The summed E-state index contributed by atoms with van der Waals surface area (Å²) >= 11 is 5.31. The van der Waals surface area contributed by atoms with E-state index in [1.54, 1.807) is 7.05 Å². The first kappa shape index (κ1) is 19.7. The molecule has 3 rings (SSSR count). The Balaban J connectivity index is 1.54. The van der Waals surface area contributed by atoms with Crippen molar-refractivity contribution in [2.75, 3.05) is 13.6 Å².